The van der Waals surface area contributed by atoms with Crippen molar-refractivity contribution in [2.24, 2.45) is 0 Å². The van der Waals surface area contributed by atoms with Gasteiger partial charge in [-0.25, -0.2) is 23.1 Å². The van der Waals surface area contributed by atoms with Gasteiger partial charge in [-0.2, -0.15) is 5.10 Å². The number of ether oxygens (including phenoxy) is 1. The number of esters is 1. The predicted molar refractivity (Wildman–Crippen MR) is 116 cm³/mol. The van der Waals surface area contributed by atoms with E-state index < -0.39 is 18.3 Å². The number of alkyl halides is 2. The van der Waals surface area contributed by atoms with Gasteiger partial charge in [0.05, 0.1) is 12.1 Å². The summed E-state index contributed by atoms with van der Waals surface area (Å²) >= 11 is 7.39. The van der Waals surface area contributed by atoms with Crippen molar-refractivity contribution in [3.05, 3.63) is 57.3 Å². The van der Waals surface area contributed by atoms with Gasteiger partial charge in [-0.1, -0.05) is 11.6 Å². The number of nitrogens with zero attached hydrogens (tertiary/aromatic N) is 3. The summed E-state index contributed by atoms with van der Waals surface area (Å²) in [5, 5.41) is 7.69. The summed E-state index contributed by atoms with van der Waals surface area (Å²) in [6.07, 6.45) is -0.913. The van der Waals surface area contributed by atoms with Gasteiger partial charge in [-0.15, -0.1) is 11.3 Å². The Labute approximate surface area is 189 Å². The molecule has 3 heterocycles. The molecular formula is C21H15ClF2N4O3S. The van der Waals surface area contributed by atoms with Crippen LogP contribution in [0.25, 0.3) is 15.7 Å². The topological polar surface area (TPSA) is 85.6 Å². The first-order valence-electron chi connectivity index (χ1n) is 9.66. The zero-order valence-corrected chi connectivity index (χ0v) is 18.1. The zero-order valence-electron chi connectivity index (χ0n) is 16.6. The molecule has 0 atom stereocenters. The highest BCUT2D eigenvalue weighted by molar-refractivity contribution is 7.21. The van der Waals surface area contributed by atoms with Crippen LogP contribution >= 0.6 is 22.9 Å². The molecule has 0 bridgehead atoms. The average molecular weight is 477 g/mol. The molecule has 164 valence electrons. The molecule has 3 aromatic heterocycles. The molecule has 0 radical (unpaired) electrons. The molecule has 1 N–H and O–H groups in total. The lowest BCUT2D eigenvalue weighted by Gasteiger charge is -2.06. The molecule has 0 unspecified atom stereocenters. The number of methoxy groups -OCH3 is 1. The summed E-state index contributed by atoms with van der Waals surface area (Å²) in [6, 6.07) is 7.72. The molecule has 1 aliphatic carbocycles. The van der Waals surface area contributed by atoms with Gasteiger partial charge < -0.3 is 10.1 Å². The first kappa shape index (κ1) is 20.8. The number of halogens is 3. The molecule has 7 nitrogen and oxygen atoms in total. The number of hydrogen-bond acceptors (Lipinski definition) is 6. The summed E-state index contributed by atoms with van der Waals surface area (Å²) in [5.41, 5.74) is 0.918. The predicted octanol–water partition coefficient (Wildman–Crippen LogP) is 5.45. The van der Waals surface area contributed by atoms with Crippen molar-refractivity contribution < 1.29 is 23.1 Å². The van der Waals surface area contributed by atoms with E-state index in [0.29, 0.717) is 21.5 Å². The Balaban J connectivity index is 1.46. The van der Waals surface area contributed by atoms with E-state index in [0.717, 1.165) is 28.7 Å². The van der Waals surface area contributed by atoms with E-state index in [9.17, 15) is 18.4 Å². The molecule has 5 rings (SSSR count). The van der Waals surface area contributed by atoms with E-state index >= 15 is 0 Å². The highest BCUT2D eigenvalue weighted by Gasteiger charge is 2.28. The summed E-state index contributed by atoms with van der Waals surface area (Å²) < 4.78 is 33.5. The summed E-state index contributed by atoms with van der Waals surface area (Å²) in [5.74, 6) is -0.929. The van der Waals surface area contributed by atoms with Crippen molar-refractivity contribution in [2.45, 2.75) is 25.2 Å². The maximum Gasteiger partial charge on any atom is 0.349 e. The van der Waals surface area contributed by atoms with Crippen LogP contribution in [0.5, 0.6) is 0 Å². The van der Waals surface area contributed by atoms with Gasteiger partial charge in [0.2, 0.25) is 0 Å². The Morgan fingerprint density at radius 3 is 2.75 bits per heavy atom. The maximum absolute atomic E-state index is 13.6. The van der Waals surface area contributed by atoms with Crippen molar-refractivity contribution in [3.63, 3.8) is 0 Å². The van der Waals surface area contributed by atoms with Crippen LogP contribution in [0.3, 0.4) is 0 Å². The van der Waals surface area contributed by atoms with Gasteiger partial charge >= 0.3 is 5.97 Å². The number of amides is 1. The van der Waals surface area contributed by atoms with E-state index in [-0.39, 0.29) is 32.9 Å². The van der Waals surface area contributed by atoms with Crippen LogP contribution in [0.4, 0.5) is 14.5 Å². The summed E-state index contributed by atoms with van der Waals surface area (Å²) in [4.78, 5) is 29.3. The molecule has 11 heteroatoms. The summed E-state index contributed by atoms with van der Waals surface area (Å²) in [6.45, 7) is 0. The van der Waals surface area contributed by atoms with Gasteiger partial charge in [0.15, 0.2) is 11.3 Å². The first-order valence-corrected chi connectivity index (χ1v) is 10.9. The number of fused-ring (bicyclic) bond motifs is 2. The molecule has 1 aliphatic rings. The van der Waals surface area contributed by atoms with Gasteiger partial charge in [0.25, 0.3) is 12.3 Å². The number of anilines is 1. The molecule has 0 spiro atoms. The van der Waals surface area contributed by atoms with Crippen LogP contribution in [-0.2, 0) is 4.74 Å². The van der Waals surface area contributed by atoms with E-state index in [1.807, 2.05) is 0 Å². The van der Waals surface area contributed by atoms with Gasteiger partial charge in [-0.3, -0.25) is 4.79 Å². The molecule has 1 aromatic carbocycles. The fraction of sp³-hybridized carbons (Fsp3) is 0.238. The second-order valence-electron chi connectivity index (χ2n) is 7.38. The van der Waals surface area contributed by atoms with Crippen LogP contribution < -0.4 is 5.32 Å². The lowest BCUT2D eigenvalue weighted by molar-refractivity contribution is 0.0606. The Bertz CT molecular complexity index is 1400. The molecule has 32 heavy (non-hydrogen) atoms. The van der Waals surface area contributed by atoms with Crippen molar-refractivity contribution >= 4 is 56.2 Å². The monoisotopic (exact) mass is 476 g/mol. The third-order valence-electron chi connectivity index (χ3n) is 5.18. The second kappa shape index (κ2) is 7.79. The van der Waals surface area contributed by atoms with Gasteiger partial charge in [0.1, 0.15) is 10.6 Å². The molecule has 4 aromatic rings. The lowest BCUT2D eigenvalue weighted by atomic mass is 10.2. The minimum atomic E-state index is -2.75. The van der Waals surface area contributed by atoms with Crippen molar-refractivity contribution in [2.75, 3.05) is 12.4 Å². The number of carbonyl (C=O) groups is 2. The maximum atomic E-state index is 13.6. The second-order valence-corrected chi connectivity index (χ2v) is 8.81. The van der Waals surface area contributed by atoms with Crippen molar-refractivity contribution in [1.82, 2.24) is 14.6 Å². The van der Waals surface area contributed by atoms with E-state index in [1.54, 1.807) is 18.2 Å². The Morgan fingerprint density at radius 1 is 1.28 bits per heavy atom. The van der Waals surface area contributed by atoms with Crippen LogP contribution in [0.2, 0.25) is 5.02 Å². The fourth-order valence-corrected chi connectivity index (χ4v) is 4.90. The number of nitrogens with one attached hydrogen (secondary N) is 1. The molecule has 0 saturated heterocycles. The Morgan fingerprint density at radius 2 is 2.06 bits per heavy atom. The third kappa shape index (κ3) is 3.59. The zero-order chi connectivity index (χ0) is 22.6. The van der Waals surface area contributed by atoms with Crippen molar-refractivity contribution in [1.29, 1.82) is 0 Å². The average Bonchev–Trinajstić information content (AvgIpc) is 3.45. The Hall–Kier alpha value is -3.11. The van der Waals surface area contributed by atoms with Gasteiger partial charge in [-0.05, 0) is 37.1 Å². The number of rotatable bonds is 5. The van der Waals surface area contributed by atoms with E-state index in [2.05, 4.69) is 15.4 Å². The van der Waals surface area contributed by atoms with Crippen molar-refractivity contribution in [3.8, 4) is 0 Å². The normalized spacial score (nSPS) is 13.8. The Kier molecular flexibility index (Phi) is 5.06. The first-order chi connectivity index (χ1) is 15.4. The smallest absolute Gasteiger partial charge is 0.349 e. The standard InChI is InChI=1S/C21H15ClF2N4O3S/c1-31-21(30)18-17(22)11-5-4-10(6-15(11)32-18)25-20(29)13-8-16-26-12(9-2-3-9)7-14(19(23)24)28(16)27-13/h4-9,19H,2-3H2,1H3,(H,25,29). The van der Waals surface area contributed by atoms with Crippen LogP contribution in [-0.4, -0.2) is 33.6 Å². The van der Waals surface area contributed by atoms with Crippen LogP contribution in [0.1, 0.15) is 56.7 Å². The number of thiophene rings is 1. The van der Waals surface area contributed by atoms with Crippen LogP contribution in [0, 0.1) is 0 Å². The summed E-state index contributed by atoms with van der Waals surface area (Å²) in [7, 11) is 1.27. The minimum Gasteiger partial charge on any atom is -0.465 e. The quantitative estimate of drug-likeness (QED) is 0.387. The van der Waals surface area contributed by atoms with Crippen LogP contribution in [0.15, 0.2) is 30.3 Å². The molecule has 1 saturated carbocycles. The molecule has 1 amide bonds. The molecule has 1 fully saturated rings. The highest BCUT2D eigenvalue weighted by Crippen LogP contribution is 2.40. The highest BCUT2D eigenvalue weighted by atomic mass is 35.5. The third-order valence-corrected chi connectivity index (χ3v) is 6.82. The van der Waals surface area contributed by atoms with Gasteiger partial charge in [0, 0.05) is 33.5 Å². The minimum absolute atomic E-state index is 0.0353. The molecular weight excluding hydrogens is 462 g/mol. The fourth-order valence-electron chi connectivity index (χ4n) is 3.43. The number of hydrogen-bond donors (Lipinski definition) is 1. The number of benzene rings is 1. The number of aromatic nitrogens is 3. The SMILES string of the molecule is COC(=O)c1sc2cc(NC(=O)c3cc4nc(C5CC5)cc(C(F)F)n4n3)ccc2c1Cl. The largest absolute Gasteiger partial charge is 0.465 e. The number of carbonyl (C=O) groups excluding carboxylic acids is 2. The lowest BCUT2D eigenvalue weighted by Crippen LogP contribution is -2.13. The van der Waals surface area contributed by atoms with E-state index in [1.165, 1.54) is 19.2 Å². The van der Waals surface area contributed by atoms with E-state index in [4.69, 9.17) is 16.3 Å². The molecule has 0 aliphatic heterocycles.